The highest BCUT2D eigenvalue weighted by molar-refractivity contribution is 9.10. The summed E-state index contributed by atoms with van der Waals surface area (Å²) in [5.41, 5.74) is 3.20. The Labute approximate surface area is 101 Å². The van der Waals surface area contributed by atoms with E-state index in [-0.39, 0.29) is 0 Å². The number of benzene rings is 2. The molecular weight excluding hydrogens is 264 g/mol. The van der Waals surface area contributed by atoms with Crippen molar-refractivity contribution in [1.29, 1.82) is 0 Å². The molecule has 0 amide bonds. The monoisotopic (exact) mass is 272 g/mol. The first-order chi connectivity index (χ1) is 7.84. The van der Waals surface area contributed by atoms with E-state index in [0.717, 1.165) is 26.6 Å². The fourth-order valence-corrected chi connectivity index (χ4v) is 2.06. The lowest BCUT2D eigenvalue weighted by molar-refractivity contribution is 1.12. The Morgan fingerprint density at radius 2 is 1.69 bits per heavy atom. The van der Waals surface area contributed by atoms with Gasteiger partial charge in [0, 0.05) is 15.4 Å². The number of rotatable bonds is 1. The van der Waals surface area contributed by atoms with E-state index in [1.807, 2.05) is 30.3 Å². The van der Waals surface area contributed by atoms with Crippen molar-refractivity contribution in [1.82, 2.24) is 10.2 Å². The Balaban J connectivity index is 2.22. The average molecular weight is 273 g/mol. The quantitative estimate of drug-likeness (QED) is 0.713. The Kier molecular flexibility index (Phi) is 2.26. The molecule has 2 aromatic carbocycles. The van der Waals surface area contributed by atoms with E-state index in [4.69, 9.17) is 0 Å². The van der Waals surface area contributed by atoms with Gasteiger partial charge in [0.25, 0.3) is 0 Å². The van der Waals surface area contributed by atoms with Crippen LogP contribution in [-0.2, 0) is 0 Å². The normalized spacial score (nSPS) is 10.8. The van der Waals surface area contributed by atoms with Gasteiger partial charge in [0.2, 0.25) is 0 Å². The van der Waals surface area contributed by atoms with Crippen LogP contribution >= 0.6 is 15.9 Å². The second-order valence-electron chi connectivity index (χ2n) is 3.62. The van der Waals surface area contributed by atoms with Crippen LogP contribution in [0.3, 0.4) is 0 Å². The second kappa shape index (κ2) is 3.76. The van der Waals surface area contributed by atoms with Gasteiger partial charge in [-0.2, -0.15) is 5.10 Å². The van der Waals surface area contributed by atoms with Crippen LogP contribution in [-0.4, -0.2) is 10.2 Å². The molecular formula is C13H9BrN2. The second-order valence-corrected chi connectivity index (χ2v) is 4.54. The molecule has 0 spiro atoms. The molecule has 3 aromatic rings. The van der Waals surface area contributed by atoms with Gasteiger partial charge in [-0.05, 0) is 18.2 Å². The summed E-state index contributed by atoms with van der Waals surface area (Å²) < 4.78 is 1.08. The Morgan fingerprint density at radius 1 is 0.938 bits per heavy atom. The number of hydrogen-bond acceptors (Lipinski definition) is 1. The van der Waals surface area contributed by atoms with Crippen molar-refractivity contribution in [3.8, 4) is 11.3 Å². The predicted octanol–water partition coefficient (Wildman–Crippen LogP) is 3.99. The van der Waals surface area contributed by atoms with Gasteiger partial charge in [-0.25, -0.2) is 0 Å². The van der Waals surface area contributed by atoms with E-state index in [9.17, 15) is 0 Å². The highest BCUT2D eigenvalue weighted by Crippen LogP contribution is 2.26. The van der Waals surface area contributed by atoms with Crippen molar-refractivity contribution in [2.45, 2.75) is 0 Å². The molecule has 0 unspecified atom stereocenters. The molecule has 0 aliphatic heterocycles. The first-order valence-corrected chi connectivity index (χ1v) is 5.83. The lowest BCUT2D eigenvalue weighted by Crippen LogP contribution is -1.77. The van der Waals surface area contributed by atoms with Gasteiger partial charge in [0.05, 0.1) is 11.2 Å². The minimum atomic E-state index is 1.00. The molecule has 0 saturated carbocycles. The summed E-state index contributed by atoms with van der Waals surface area (Å²) in [6, 6.07) is 16.3. The van der Waals surface area contributed by atoms with Crippen molar-refractivity contribution in [2.75, 3.05) is 0 Å². The Morgan fingerprint density at radius 3 is 2.50 bits per heavy atom. The third-order valence-corrected chi connectivity index (χ3v) is 3.12. The molecule has 2 nitrogen and oxygen atoms in total. The molecule has 3 rings (SSSR count). The van der Waals surface area contributed by atoms with Crippen molar-refractivity contribution in [3.63, 3.8) is 0 Å². The topological polar surface area (TPSA) is 28.7 Å². The number of H-pyrrole nitrogens is 1. The highest BCUT2D eigenvalue weighted by Gasteiger charge is 2.06. The van der Waals surface area contributed by atoms with Gasteiger partial charge < -0.3 is 0 Å². The van der Waals surface area contributed by atoms with Crippen LogP contribution in [0.5, 0.6) is 0 Å². The number of halogens is 1. The van der Waals surface area contributed by atoms with Crippen molar-refractivity contribution in [2.24, 2.45) is 0 Å². The Hall–Kier alpha value is -1.61. The standard InChI is InChI=1S/C13H9BrN2/c14-10-7-5-9(6-8-10)13-11-3-1-2-4-12(11)15-16-13/h1-8H,(H,15,16). The van der Waals surface area contributed by atoms with E-state index in [2.05, 4.69) is 44.3 Å². The maximum absolute atomic E-state index is 4.35. The first kappa shape index (κ1) is 9.60. The van der Waals surface area contributed by atoms with Crippen LogP contribution in [0.2, 0.25) is 0 Å². The SMILES string of the molecule is Brc1ccc(-c2n[nH]c3ccccc23)cc1. The van der Waals surface area contributed by atoms with Crippen LogP contribution in [0.4, 0.5) is 0 Å². The molecule has 1 aromatic heterocycles. The zero-order valence-corrected chi connectivity index (χ0v) is 10.0. The number of hydrogen-bond donors (Lipinski definition) is 1. The van der Waals surface area contributed by atoms with Crippen LogP contribution in [0, 0.1) is 0 Å². The van der Waals surface area contributed by atoms with E-state index in [0.29, 0.717) is 0 Å². The molecule has 1 N–H and O–H groups in total. The molecule has 0 radical (unpaired) electrons. The summed E-state index contributed by atoms with van der Waals surface area (Å²) in [5.74, 6) is 0. The van der Waals surface area contributed by atoms with Crippen LogP contribution in [0.1, 0.15) is 0 Å². The number of fused-ring (bicyclic) bond motifs is 1. The van der Waals surface area contributed by atoms with Gasteiger partial charge in [-0.3, -0.25) is 5.10 Å². The van der Waals surface area contributed by atoms with Crippen LogP contribution in [0.15, 0.2) is 53.0 Å². The molecule has 78 valence electrons. The number of aromatic nitrogens is 2. The molecule has 0 atom stereocenters. The lowest BCUT2D eigenvalue weighted by Gasteiger charge is -1.97. The van der Waals surface area contributed by atoms with E-state index >= 15 is 0 Å². The van der Waals surface area contributed by atoms with Crippen molar-refractivity contribution < 1.29 is 0 Å². The summed E-state index contributed by atoms with van der Waals surface area (Å²) in [7, 11) is 0. The summed E-state index contributed by atoms with van der Waals surface area (Å²) in [6.07, 6.45) is 0. The fourth-order valence-electron chi connectivity index (χ4n) is 1.79. The fraction of sp³-hybridized carbons (Fsp3) is 0. The van der Waals surface area contributed by atoms with Gasteiger partial charge in [0.15, 0.2) is 0 Å². The molecule has 1 heterocycles. The van der Waals surface area contributed by atoms with E-state index in [1.54, 1.807) is 0 Å². The molecule has 3 heteroatoms. The number of aromatic amines is 1. The molecule has 0 saturated heterocycles. The zero-order valence-electron chi connectivity index (χ0n) is 8.44. The molecule has 0 aliphatic rings. The van der Waals surface area contributed by atoms with Gasteiger partial charge in [-0.15, -0.1) is 0 Å². The third kappa shape index (κ3) is 1.53. The molecule has 16 heavy (non-hydrogen) atoms. The van der Waals surface area contributed by atoms with Crippen LogP contribution in [0.25, 0.3) is 22.2 Å². The van der Waals surface area contributed by atoms with Gasteiger partial charge in [-0.1, -0.05) is 46.3 Å². The third-order valence-electron chi connectivity index (χ3n) is 2.59. The van der Waals surface area contributed by atoms with Crippen molar-refractivity contribution >= 4 is 26.8 Å². The van der Waals surface area contributed by atoms with E-state index in [1.165, 1.54) is 0 Å². The van der Waals surface area contributed by atoms with E-state index < -0.39 is 0 Å². The summed E-state index contributed by atoms with van der Waals surface area (Å²) in [5, 5.41) is 8.55. The summed E-state index contributed by atoms with van der Waals surface area (Å²) >= 11 is 3.43. The molecule has 0 fully saturated rings. The minimum Gasteiger partial charge on any atom is -0.277 e. The highest BCUT2D eigenvalue weighted by atomic mass is 79.9. The summed E-state index contributed by atoms with van der Waals surface area (Å²) in [4.78, 5) is 0. The number of nitrogens with zero attached hydrogens (tertiary/aromatic N) is 1. The zero-order chi connectivity index (χ0) is 11.0. The predicted molar refractivity (Wildman–Crippen MR) is 69.2 cm³/mol. The smallest absolute Gasteiger partial charge is 0.0999 e. The number of para-hydroxylation sites is 1. The lowest BCUT2D eigenvalue weighted by atomic mass is 10.1. The molecule has 0 bridgehead atoms. The van der Waals surface area contributed by atoms with Crippen LogP contribution < -0.4 is 0 Å². The number of nitrogens with one attached hydrogen (secondary N) is 1. The van der Waals surface area contributed by atoms with Crippen molar-refractivity contribution in [3.05, 3.63) is 53.0 Å². The summed E-state index contributed by atoms with van der Waals surface area (Å²) in [6.45, 7) is 0. The average Bonchev–Trinajstić information content (AvgIpc) is 2.74. The van der Waals surface area contributed by atoms with Gasteiger partial charge in [0.1, 0.15) is 0 Å². The first-order valence-electron chi connectivity index (χ1n) is 5.03. The van der Waals surface area contributed by atoms with Gasteiger partial charge >= 0.3 is 0 Å². The maximum Gasteiger partial charge on any atom is 0.0999 e. The molecule has 0 aliphatic carbocycles. The maximum atomic E-state index is 4.35. The Bertz CT molecular complexity index is 626. The minimum absolute atomic E-state index is 1.00. The largest absolute Gasteiger partial charge is 0.277 e.